The quantitative estimate of drug-likeness (QED) is 0.210. The summed E-state index contributed by atoms with van der Waals surface area (Å²) in [5, 5.41) is 49.4. The van der Waals surface area contributed by atoms with Crippen molar-refractivity contribution in [2.24, 2.45) is 0 Å². The molecule has 0 heterocycles. The van der Waals surface area contributed by atoms with E-state index in [1.165, 1.54) is 0 Å². The van der Waals surface area contributed by atoms with Crippen molar-refractivity contribution in [1.82, 2.24) is 0 Å². The zero-order valence-corrected chi connectivity index (χ0v) is 10.3. The third kappa shape index (κ3) is 14.7. The van der Waals surface area contributed by atoms with Crippen molar-refractivity contribution in [3.63, 3.8) is 0 Å². The van der Waals surface area contributed by atoms with Gasteiger partial charge in [0.1, 0.15) is 0 Å². The summed E-state index contributed by atoms with van der Waals surface area (Å²) in [6.45, 7) is 0. The Morgan fingerprint density at radius 2 is 1.00 bits per heavy atom. The van der Waals surface area contributed by atoms with Crippen molar-refractivity contribution < 1.29 is 54.6 Å². The van der Waals surface area contributed by atoms with Gasteiger partial charge in [-0.1, -0.05) is 0 Å². The van der Waals surface area contributed by atoms with E-state index >= 15 is 0 Å². The molecule has 0 amide bonds. The number of aliphatic carboxylic acids is 5. The second-order valence-corrected chi connectivity index (χ2v) is 3.49. The fraction of sp³-hybridized carbons (Fsp3) is 0.300. The number of carbonyl (C=O) groups is 5. The van der Waals surface area contributed by atoms with Crippen LogP contribution in [-0.4, -0.2) is 104 Å². The fourth-order valence-corrected chi connectivity index (χ4v) is 0.857. The minimum atomic E-state index is -2.74. The average Bonchev–Trinajstić information content (AvgIpc) is 2.24. The first kappa shape index (κ1) is 25.3. The van der Waals surface area contributed by atoms with Gasteiger partial charge in [0.05, 0.1) is 12.8 Å². The molecule has 0 spiro atoms. The molecular weight excluding hydrogens is 336 g/mol. The summed E-state index contributed by atoms with van der Waals surface area (Å²) in [6.07, 6.45) is -1.17. The van der Waals surface area contributed by atoms with E-state index in [4.69, 9.17) is 30.6 Å². The van der Waals surface area contributed by atoms with E-state index < -0.39 is 48.3 Å². The van der Waals surface area contributed by atoms with Crippen LogP contribution in [-0.2, 0) is 24.0 Å². The molecule has 0 aromatic rings. The Bertz CT molecular complexity index is 435. The van der Waals surface area contributed by atoms with Crippen LogP contribution >= 0.6 is 0 Å². The van der Waals surface area contributed by atoms with Crippen LogP contribution in [0, 0.1) is 0 Å². The van der Waals surface area contributed by atoms with Gasteiger partial charge < -0.3 is 30.6 Å². The van der Waals surface area contributed by atoms with Gasteiger partial charge in [0.15, 0.2) is 5.60 Å². The van der Waals surface area contributed by atoms with E-state index in [2.05, 4.69) is 0 Å². The Balaban J connectivity index is -0.000000348. The Labute approximate surface area is 152 Å². The van der Waals surface area contributed by atoms with E-state index in [1.807, 2.05) is 0 Å². The van der Waals surface area contributed by atoms with Gasteiger partial charge in [-0.25, -0.2) is 14.4 Å². The molecular formula is C10H14CaO11. The minimum absolute atomic E-state index is 0. The summed E-state index contributed by atoms with van der Waals surface area (Å²) in [5.41, 5.74) is -2.74. The Morgan fingerprint density at radius 3 is 1.14 bits per heavy atom. The summed E-state index contributed by atoms with van der Waals surface area (Å²) >= 11 is 0. The first-order chi connectivity index (χ1) is 9.40. The molecule has 0 aliphatic heterocycles. The Kier molecular flexibility index (Phi) is 13.7. The number of carboxylic acid groups (broad SMARTS) is 5. The maximum absolute atomic E-state index is 10.3. The third-order valence-corrected chi connectivity index (χ3v) is 1.65. The molecule has 0 unspecified atom stereocenters. The normalized spacial score (nSPS) is 9.86. The monoisotopic (exact) mass is 350 g/mol. The topological polar surface area (TPSA) is 207 Å². The molecule has 0 fully saturated rings. The molecule has 0 aliphatic rings. The molecule has 0 aromatic carbocycles. The summed E-state index contributed by atoms with van der Waals surface area (Å²) < 4.78 is 0. The van der Waals surface area contributed by atoms with Crippen LogP contribution in [0.15, 0.2) is 12.2 Å². The Morgan fingerprint density at radius 1 is 0.727 bits per heavy atom. The molecule has 0 saturated carbocycles. The number of hydrogen-bond donors (Lipinski definition) is 6. The van der Waals surface area contributed by atoms with Crippen molar-refractivity contribution in [1.29, 1.82) is 0 Å². The number of rotatable bonds is 7. The van der Waals surface area contributed by atoms with Crippen LogP contribution in [0.5, 0.6) is 0 Å². The summed E-state index contributed by atoms with van der Waals surface area (Å²) in [4.78, 5) is 49.6. The molecule has 0 aliphatic carbocycles. The van der Waals surface area contributed by atoms with Crippen molar-refractivity contribution >= 4 is 67.6 Å². The van der Waals surface area contributed by atoms with Gasteiger partial charge in [0, 0.05) is 12.2 Å². The predicted molar refractivity (Wildman–Crippen MR) is 70.0 cm³/mol. The molecule has 0 atom stereocenters. The van der Waals surface area contributed by atoms with E-state index in [0.29, 0.717) is 12.2 Å². The van der Waals surface area contributed by atoms with Crippen LogP contribution in [0.3, 0.4) is 0 Å². The zero-order valence-electron chi connectivity index (χ0n) is 10.3. The van der Waals surface area contributed by atoms with Gasteiger partial charge in [-0.2, -0.15) is 0 Å². The third-order valence-electron chi connectivity index (χ3n) is 1.65. The molecule has 22 heavy (non-hydrogen) atoms. The number of aliphatic hydroxyl groups is 1. The number of carboxylic acids is 5. The van der Waals surface area contributed by atoms with Crippen LogP contribution in [0.1, 0.15) is 12.8 Å². The standard InChI is InChI=1S/C6H8O7.C4H4O4.Ca.2H/c7-3(8)1-6(13,5(11)12)2-4(9)10;5-3(6)1-2-4(7)8;;;/h13H,1-2H2,(H,7,8)(H,9,10)(H,11,12);1-2H,(H,5,6)(H,7,8);;;/b;2-1+;;;. The van der Waals surface area contributed by atoms with E-state index in [-0.39, 0.29) is 37.7 Å². The average molecular weight is 350 g/mol. The zero-order chi connectivity index (χ0) is 17.2. The summed E-state index contributed by atoms with van der Waals surface area (Å²) in [7, 11) is 0. The van der Waals surface area contributed by atoms with Crippen LogP contribution in [0.2, 0.25) is 0 Å². The Hall–Kier alpha value is -1.69. The van der Waals surface area contributed by atoms with Crippen molar-refractivity contribution in [3.05, 3.63) is 12.2 Å². The molecule has 0 saturated heterocycles. The molecule has 0 bridgehead atoms. The maximum atomic E-state index is 10.3. The molecule has 12 heteroatoms. The van der Waals surface area contributed by atoms with Gasteiger partial charge in [0.2, 0.25) is 0 Å². The predicted octanol–water partition coefficient (Wildman–Crippen LogP) is -2.45. The van der Waals surface area contributed by atoms with E-state index in [9.17, 15) is 24.0 Å². The second-order valence-electron chi connectivity index (χ2n) is 3.49. The van der Waals surface area contributed by atoms with Crippen LogP contribution < -0.4 is 0 Å². The molecule has 0 radical (unpaired) electrons. The molecule has 11 nitrogen and oxygen atoms in total. The van der Waals surface area contributed by atoms with Crippen molar-refractivity contribution in [2.45, 2.75) is 18.4 Å². The molecule has 122 valence electrons. The SMILES string of the molecule is O=C(O)/C=C/C(=O)O.O=C(O)CC(O)(CC(=O)O)C(=O)O.[CaH2]. The van der Waals surface area contributed by atoms with Crippen LogP contribution in [0.25, 0.3) is 0 Å². The fourth-order valence-electron chi connectivity index (χ4n) is 0.857. The first-order valence-electron chi connectivity index (χ1n) is 4.94. The van der Waals surface area contributed by atoms with Crippen molar-refractivity contribution in [3.8, 4) is 0 Å². The summed E-state index contributed by atoms with van der Waals surface area (Å²) in [6, 6.07) is 0. The first-order valence-corrected chi connectivity index (χ1v) is 4.94. The van der Waals surface area contributed by atoms with Gasteiger partial charge in [0.25, 0.3) is 0 Å². The molecule has 0 aromatic heterocycles. The number of hydrogen-bond acceptors (Lipinski definition) is 6. The van der Waals surface area contributed by atoms with Gasteiger partial charge in [-0.15, -0.1) is 0 Å². The van der Waals surface area contributed by atoms with Gasteiger partial charge in [-0.05, 0) is 0 Å². The summed E-state index contributed by atoms with van der Waals surface area (Å²) in [5.74, 6) is -7.53. The van der Waals surface area contributed by atoms with Gasteiger partial charge >= 0.3 is 67.6 Å². The molecule has 6 N–H and O–H groups in total. The van der Waals surface area contributed by atoms with E-state index in [1.54, 1.807) is 0 Å². The van der Waals surface area contributed by atoms with Crippen molar-refractivity contribution in [2.75, 3.05) is 0 Å². The van der Waals surface area contributed by atoms with E-state index in [0.717, 1.165) is 0 Å². The molecule has 0 rings (SSSR count). The van der Waals surface area contributed by atoms with Gasteiger partial charge in [-0.3, -0.25) is 9.59 Å². The van der Waals surface area contributed by atoms with Crippen LogP contribution in [0.4, 0.5) is 0 Å². The second kappa shape index (κ2) is 11.9.